The standard InChI is InChI=1S/C9H5F2IN2S/c1-4-2-3-5(10)6(7(4)11)8-13-9(12)14-15-8/h2-3H,1H3. The smallest absolute Gasteiger partial charge is 0.203 e. The Bertz CT molecular complexity index is 513. The molecule has 2 aromatic rings. The molecule has 0 spiro atoms. The number of aryl methyl sites for hydroxylation is 1. The Morgan fingerprint density at radius 3 is 2.67 bits per heavy atom. The third-order valence-electron chi connectivity index (χ3n) is 1.90. The van der Waals surface area contributed by atoms with Gasteiger partial charge in [-0.3, -0.25) is 0 Å². The monoisotopic (exact) mass is 338 g/mol. The minimum atomic E-state index is -0.606. The molecule has 0 aliphatic rings. The van der Waals surface area contributed by atoms with Gasteiger partial charge in [-0.05, 0) is 30.1 Å². The van der Waals surface area contributed by atoms with Crippen LogP contribution in [-0.4, -0.2) is 9.36 Å². The molecule has 0 bridgehead atoms. The summed E-state index contributed by atoms with van der Waals surface area (Å²) in [5.74, 6) is -1.17. The van der Waals surface area contributed by atoms with E-state index in [-0.39, 0.29) is 10.6 Å². The first-order chi connectivity index (χ1) is 7.09. The normalized spacial score (nSPS) is 10.7. The maximum atomic E-state index is 13.7. The van der Waals surface area contributed by atoms with Crippen LogP contribution >= 0.6 is 34.1 Å². The first-order valence-corrected chi connectivity index (χ1v) is 5.89. The minimum absolute atomic E-state index is 0.0876. The zero-order valence-corrected chi connectivity index (χ0v) is 10.6. The highest BCUT2D eigenvalue weighted by molar-refractivity contribution is 14.1. The van der Waals surface area contributed by atoms with E-state index in [1.165, 1.54) is 12.1 Å². The van der Waals surface area contributed by atoms with Gasteiger partial charge in [-0.15, -0.1) is 0 Å². The number of rotatable bonds is 1. The van der Waals surface area contributed by atoms with E-state index >= 15 is 0 Å². The van der Waals surface area contributed by atoms with Crippen molar-refractivity contribution in [2.45, 2.75) is 6.92 Å². The van der Waals surface area contributed by atoms with Crippen molar-refractivity contribution in [1.29, 1.82) is 0 Å². The van der Waals surface area contributed by atoms with Gasteiger partial charge in [0, 0.05) is 22.6 Å². The molecule has 0 aliphatic heterocycles. The fraction of sp³-hybridized carbons (Fsp3) is 0.111. The van der Waals surface area contributed by atoms with Crippen molar-refractivity contribution >= 4 is 34.1 Å². The molecule has 0 unspecified atom stereocenters. The van der Waals surface area contributed by atoms with E-state index in [0.717, 1.165) is 11.5 Å². The maximum Gasteiger partial charge on any atom is 0.203 e. The number of halogens is 3. The summed E-state index contributed by atoms with van der Waals surface area (Å²) < 4.78 is 31.5. The Labute approximate surface area is 103 Å². The predicted octanol–water partition coefficient (Wildman–Crippen LogP) is 3.40. The predicted molar refractivity (Wildman–Crippen MR) is 62.7 cm³/mol. The van der Waals surface area contributed by atoms with E-state index in [2.05, 4.69) is 9.36 Å². The molecule has 0 atom stereocenters. The molecule has 0 saturated heterocycles. The fourth-order valence-corrected chi connectivity index (χ4v) is 2.47. The van der Waals surface area contributed by atoms with Crippen LogP contribution in [0.3, 0.4) is 0 Å². The van der Waals surface area contributed by atoms with Gasteiger partial charge >= 0.3 is 0 Å². The van der Waals surface area contributed by atoms with Gasteiger partial charge in [0.1, 0.15) is 11.6 Å². The fourth-order valence-electron chi connectivity index (χ4n) is 1.16. The molecule has 0 N–H and O–H groups in total. The summed E-state index contributed by atoms with van der Waals surface area (Å²) in [4.78, 5) is 3.96. The number of hydrogen-bond acceptors (Lipinski definition) is 3. The second kappa shape index (κ2) is 4.09. The Morgan fingerprint density at radius 2 is 2.07 bits per heavy atom. The number of aromatic nitrogens is 2. The maximum absolute atomic E-state index is 13.7. The van der Waals surface area contributed by atoms with Gasteiger partial charge in [-0.1, -0.05) is 6.07 Å². The average molecular weight is 338 g/mol. The van der Waals surface area contributed by atoms with Gasteiger partial charge < -0.3 is 0 Å². The van der Waals surface area contributed by atoms with E-state index in [1.807, 2.05) is 22.6 Å². The molecule has 78 valence electrons. The van der Waals surface area contributed by atoms with Gasteiger partial charge in [0.15, 0.2) is 5.01 Å². The molecule has 1 aromatic heterocycles. The van der Waals surface area contributed by atoms with E-state index < -0.39 is 11.6 Å². The largest absolute Gasteiger partial charge is 0.209 e. The SMILES string of the molecule is Cc1ccc(F)c(-c2nc(I)ns2)c1F. The first-order valence-electron chi connectivity index (χ1n) is 4.04. The van der Waals surface area contributed by atoms with Crippen LogP contribution in [0.5, 0.6) is 0 Å². The molecular formula is C9H5F2IN2S. The molecule has 1 aromatic carbocycles. The molecule has 0 fully saturated rings. The van der Waals surface area contributed by atoms with E-state index in [9.17, 15) is 8.78 Å². The summed E-state index contributed by atoms with van der Waals surface area (Å²) in [6.45, 7) is 1.59. The minimum Gasteiger partial charge on any atom is -0.209 e. The van der Waals surface area contributed by atoms with Crippen LogP contribution in [0.15, 0.2) is 12.1 Å². The van der Waals surface area contributed by atoms with Crippen molar-refractivity contribution in [3.8, 4) is 10.6 Å². The summed E-state index contributed by atoms with van der Waals surface area (Å²) >= 11 is 2.89. The van der Waals surface area contributed by atoms with Gasteiger partial charge in [0.25, 0.3) is 0 Å². The van der Waals surface area contributed by atoms with Crippen LogP contribution in [0.1, 0.15) is 5.56 Å². The zero-order chi connectivity index (χ0) is 11.0. The van der Waals surface area contributed by atoms with Gasteiger partial charge in [-0.2, -0.15) is 4.37 Å². The highest BCUT2D eigenvalue weighted by Crippen LogP contribution is 2.29. The third-order valence-corrected chi connectivity index (χ3v) is 3.44. The number of benzene rings is 1. The first kappa shape index (κ1) is 10.9. The molecule has 6 heteroatoms. The third kappa shape index (κ3) is 2.00. The van der Waals surface area contributed by atoms with Crippen LogP contribution in [0, 0.1) is 22.4 Å². The molecule has 0 radical (unpaired) electrons. The van der Waals surface area contributed by atoms with Crippen molar-refractivity contribution in [3.05, 3.63) is 33.2 Å². The van der Waals surface area contributed by atoms with Crippen molar-refractivity contribution in [3.63, 3.8) is 0 Å². The molecule has 0 aliphatic carbocycles. The van der Waals surface area contributed by atoms with Crippen LogP contribution in [0.4, 0.5) is 8.78 Å². The van der Waals surface area contributed by atoms with Crippen LogP contribution in [0.2, 0.25) is 0 Å². The Morgan fingerprint density at radius 1 is 1.33 bits per heavy atom. The average Bonchev–Trinajstić information content (AvgIpc) is 2.59. The molecule has 15 heavy (non-hydrogen) atoms. The summed E-state index contributed by atoms with van der Waals surface area (Å²) in [6, 6.07) is 2.64. The van der Waals surface area contributed by atoms with Crippen molar-refractivity contribution in [1.82, 2.24) is 9.36 Å². The second-order valence-electron chi connectivity index (χ2n) is 2.92. The summed E-state index contributed by atoms with van der Waals surface area (Å²) in [6.07, 6.45) is 0. The molecule has 2 rings (SSSR count). The number of nitrogens with zero attached hydrogens (tertiary/aromatic N) is 2. The number of hydrogen-bond donors (Lipinski definition) is 0. The second-order valence-corrected chi connectivity index (χ2v) is 4.64. The van der Waals surface area contributed by atoms with Gasteiger partial charge in [0.2, 0.25) is 3.83 Å². The lowest BCUT2D eigenvalue weighted by Gasteiger charge is -2.02. The van der Waals surface area contributed by atoms with E-state index in [1.54, 1.807) is 6.92 Å². The van der Waals surface area contributed by atoms with Crippen molar-refractivity contribution < 1.29 is 8.78 Å². The molecule has 2 nitrogen and oxygen atoms in total. The Balaban J connectivity index is 2.66. The lowest BCUT2D eigenvalue weighted by molar-refractivity contribution is 0.583. The molecular weight excluding hydrogens is 333 g/mol. The molecule has 0 saturated carbocycles. The van der Waals surface area contributed by atoms with Crippen LogP contribution in [0.25, 0.3) is 10.6 Å². The van der Waals surface area contributed by atoms with Crippen molar-refractivity contribution in [2.24, 2.45) is 0 Å². The van der Waals surface area contributed by atoms with Crippen molar-refractivity contribution in [2.75, 3.05) is 0 Å². The van der Waals surface area contributed by atoms with Gasteiger partial charge in [-0.25, -0.2) is 13.8 Å². The van der Waals surface area contributed by atoms with E-state index in [0.29, 0.717) is 9.39 Å². The highest BCUT2D eigenvalue weighted by Gasteiger charge is 2.17. The highest BCUT2D eigenvalue weighted by atomic mass is 127. The summed E-state index contributed by atoms with van der Waals surface area (Å²) in [5.41, 5.74) is 0.312. The Kier molecular flexibility index (Phi) is 2.96. The lowest BCUT2D eigenvalue weighted by Crippen LogP contribution is -1.92. The van der Waals surface area contributed by atoms with E-state index in [4.69, 9.17) is 0 Å². The Hall–Kier alpha value is -0.630. The lowest BCUT2D eigenvalue weighted by atomic mass is 10.1. The molecule has 0 amide bonds. The quantitative estimate of drug-likeness (QED) is 0.745. The topological polar surface area (TPSA) is 25.8 Å². The summed E-state index contributed by atoms with van der Waals surface area (Å²) in [7, 11) is 0. The van der Waals surface area contributed by atoms with Crippen LogP contribution < -0.4 is 0 Å². The summed E-state index contributed by atoms with van der Waals surface area (Å²) in [5, 5.41) is 0.276. The van der Waals surface area contributed by atoms with Crippen LogP contribution in [-0.2, 0) is 0 Å². The molecule has 1 heterocycles. The zero-order valence-electron chi connectivity index (χ0n) is 7.59. The van der Waals surface area contributed by atoms with Gasteiger partial charge in [0.05, 0.1) is 5.56 Å².